The first kappa shape index (κ1) is 19.8. The predicted octanol–water partition coefficient (Wildman–Crippen LogP) is 4.74. The number of esters is 1. The van der Waals surface area contributed by atoms with Gasteiger partial charge in [-0.15, -0.1) is 0 Å². The van der Waals surface area contributed by atoms with E-state index in [1.54, 1.807) is 37.3 Å². The quantitative estimate of drug-likeness (QED) is 0.624. The lowest BCUT2D eigenvalue weighted by Crippen LogP contribution is -2.05. The average molecular weight is 384 g/mol. The van der Waals surface area contributed by atoms with Crippen LogP contribution < -0.4 is 5.73 Å². The second-order valence-corrected chi connectivity index (χ2v) is 6.39. The molecule has 6 heteroatoms. The molecule has 0 aliphatic heterocycles. The van der Waals surface area contributed by atoms with Crippen LogP contribution in [0.25, 0.3) is 22.0 Å². The summed E-state index contributed by atoms with van der Waals surface area (Å²) in [5, 5.41) is 0.773. The lowest BCUT2D eigenvalue weighted by atomic mass is 10.0. The molecule has 0 saturated heterocycles. The lowest BCUT2D eigenvalue weighted by molar-refractivity contribution is 0.0526. The fourth-order valence-corrected chi connectivity index (χ4v) is 3.35. The number of nitrogens with two attached hydrogens (primary N) is 1. The Morgan fingerprint density at radius 3 is 2.57 bits per heavy atom. The van der Waals surface area contributed by atoms with Crippen molar-refractivity contribution in [2.45, 2.75) is 20.4 Å². The van der Waals surface area contributed by atoms with Crippen LogP contribution in [-0.4, -0.2) is 23.7 Å². The molecule has 0 unspecified atom stereocenters. The summed E-state index contributed by atoms with van der Waals surface area (Å²) in [6.07, 6.45) is 1.33. The minimum absolute atomic E-state index is 0.0273. The standard InChI is InChI=1S/C22H22F2N2O2/c1-3-28-22(27)16-6-9-20-19(12-16)21(15-4-7-17(23)8-5-15)14(2)26(20)13-18(24)10-11-25/h4-10,12H,3,11,13,25H2,1-2H3. The van der Waals surface area contributed by atoms with Crippen LogP contribution in [0.3, 0.4) is 0 Å². The van der Waals surface area contributed by atoms with Crippen LogP contribution in [0.15, 0.2) is 54.4 Å². The van der Waals surface area contributed by atoms with E-state index in [9.17, 15) is 13.6 Å². The molecule has 0 spiro atoms. The topological polar surface area (TPSA) is 57.2 Å². The van der Waals surface area contributed by atoms with Gasteiger partial charge in [0.05, 0.1) is 18.7 Å². The van der Waals surface area contributed by atoms with Crippen molar-refractivity contribution >= 4 is 16.9 Å². The third-order valence-corrected chi connectivity index (χ3v) is 4.62. The van der Waals surface area contributed by atoms with Crippen LogP contribution >= 0.6 is 0 Å². The maximum absolute atomic E-state index is 14.2. The van der Waals surface area contributed by atoms with E-state index in [2.05, 4.69) is 0 Å². The number of ether oxygens (including phenoxy) is 1. The van der Waals surface area contributed by atoms with Gasteiger partial charge in [0, 0.05) is 28.7 Å². The highest BCUT2D eigenvalue weighted by Crippen LogP contribution is 2.36. The molecule has 0 aliphatic carbocycles. The van der Waals surface area contributed by atoms with E-state index in [1.165, 1.54) is 18.2 Å². The predicted molar refractivity (Wildman–Crippen MR) is 106 cm³/mol. The molecule has 0 radical (unpaired) electrons. The summed E-state index contributed by atoms with van der Waals surface area (Å²) in [5.74, 6) is -1.11. The van der Waals surface area contributed by atoms with Crippen molar-refractivity contribution in [1.82, 2.24) is 4.57 Å². The smallest absolute Gasteiger partial charge is 0.338 e. The van der Waals surface area contributed by atoms with Crippen LogP contribution in [0.4, 0.5) is 8.78 Å². The molecule has 146 valence electrons. The third kappa shape index (κ3) is 3.82. The Hall–Kier alpha value is -2.99. The van der Waals surface area contributed by atoms with Crippen LogP contribution in [0.2, 0.25) is 0 Å². The molecule has 3 aromatic rings. The Kier molecular flexibility index (Phi) is 5.90. The van der Waals surface area contributed by atoms with E-state index >= 15 is 0 Å². The zero-order valence-corrected chi connectivity index (χ0v) is 15.8. The normalized spacial score (nSPS) is 11.8. The van der Waals surface area contributed by atoms with Gasteiger partial charge in [-0.05, 0) is 55.8 Å². The molecule has 28 heavy (non-hydrogen) atoms. The molecule has 2 aromatic carbocycles. The highest BCUT2D eigenvalue weighted by atomic mass is 19.1. The van der Waals surface area contributed by atoms with Crippen LogP contribution in [0.5, 0.6) is 0 Å². The fraction of sp³-hybridized carbons (Fsp3) is 0.227. The molecule has 0 fully saturated rings. The monoisotopic (exact) mass is 384 g/mol. The maximum Gasteiger partial charge on any atom is 0.338 e. The van der Waals surface area contributed by atoms with Gasteiger partial charge in [-0.1, -0.05) is 12.1 Å². The summed E-state index contributed by atoms with van der Waals surface area (Å²) < 4.78 is 34.5. The third-order valence-electron chi connectivity index (χ3n) is 4.62. The highest BCUT2D eigenvalue weighted by Gasteiger charge is 2.19. The van der Waals surface area contributed by atoms with Crippen molar-refractivity contribution in [2.75, 3.05) is 13.2 Å². The van der Waals surface area contributed by atoms with Gasteiger partial charge in [-0.2, -0.15) is 0 Å². The van der Waals surface area contributed by atoms with Crippen molar-refractivity contribution in [3.8, 4) is 11.1 Å². The summed E-state index contributed by atoms with van der Waals surface area (Å²) >= 11 is 0. The molecule has 3 rings (SSSR count). The first-order valence-corrected chi connectivity index (χ1v) is 9.06. The zero-order valence-electron chi connectivity index (χ0n) is 15.8. The number of allylic oxidation sites excluding steroid dienone is 1. The SMILES string of the molecule is CCOC(=O)c1ccc2c(c1)c(-c1ccc(F)cc1)c(C)n2CC(F)=CCN. The summed E-state index contributed by atoms with van der Waals surface area (Å²) in [6, 6.07) is 11.3. The second kappa shape index (κ2) is 8.35. The van der Waals surface area contributed by atoms with E-state index in [1.807, 2.05) is 11.5 Å². The van der Waals surface area contributed by atoms with Gasteiger partial charge in [0.15, 0.2) is 0 Å². The van der Waals surface area contributed by atoms with Gasteiger partial charge in [-0.3, -0.25) is 0 Å². The maximum atomic E-state index is 14.2. The number of hydrogen-bond donors (Lipinski definition) is 1. The number of halogens is 2. The van der Waals surface area contributed by atoms with Crippen molar-refractivity contribution in [3.63, 3.8) is 0 Å². The van der Waals surface area contributed by atoms with Crippen molar-refractivity contribution in [1.29, 1.82) is 0 Å². The molecule has 0 bridgehead atoms. The molecule has 2 N–H and O–H groups in total. The number of rotatable bonds is 6. The van der Waals surface area contributed by atoms with Gasteiger partial charge < -0.3 is 15.0 Å². The van der Waals surface area contributed by atoms with Crippen LogP contribution in [-0.2, 0) is 11.3 Å². The van der Waals surface area contributed by atoms with E-state index in [4.69, 9.17) is 10.5 Å². The number of carbonyl (C=O) groups excluding carboxylic acids is 1. The molecule has 4 nitrogen and oxygen atoms in total. The van der Waals surface area contributed by atoms with E-state index < -0.39 is 5.97 Å². The summed E-state index contributed by atoms with van der Waals surface area (Å²) in [6.45, 7) is 4.03. The Balaban J connectivity index is 2.24. The highest BCUT2D eigenvalue weighted by molar-refractivity contribution is 6.02. The molecular formula is C22H22F2N2O2. The van der Waals surface area contributed by atoms with Crippen LogP contribution in [0.1, 0.15) is 23.0 Å². The van der Waals surface area contributed by atoms with Crippen molar-refractivity contribution in [2.24, 2.45) is 5.73 Å². The Bertz CT molecular complexity index is 1040. The summed E-state index contributed by atoms with van der Waals surface area (Å²) in [4.78, 5) is 12.2. The molecule has 0 amide bonds. The number of carbonyl (C=O) groups is 1. The van der Waals surface area contributed by atoms with Gasteiger partial charge >= 0.3 is 5.97 Å². The molecule has 0 saturated carbocycles. The van der Waals surface area contributed by atoms with Crippen LogP contribution in [0, 0.1) is 12.7 Å². The number of fused-ring (bicyclic) bond motifs is 1. The van der Waals surface area contributed by atoms with E-state index in [0.717, 1.165) is 27.7 Å². The molecule has 1 heterocycles. The summed E-state index contributed by atoms with van der Waals surface area (Å²) in [5.41, 5.74) is 9.01. The number of aromatic nitrogens is 1. The largest absolute Gasteiger partial charge is 0.462 e. The minimum Gasteiger partial charge on any atom is -0.462 e. The average Bonchev–Trinajstić information content (AvgIpc) is 2.94. The van der Waals surface area contributed by atoms with Gasteiger partial charge in [0.25, 0.3) is 0 Å². The number of nitrogens with zero attached hydrogens (tertiary/aromatic N) is 1. The van der Waals surface area contributed by atoms with Gasteiger partial charge in [-0.25, -0.2) is 13.6 Å². The first-order valence-electron chi connectivity index (χ1n) is 9.06. The Morgan fingerprint density at radius 1 is 1.21 bits per heavy atom. The van der Waals surface area contributed by atoms with Gasteiger partial charge in [0.1, 0.15) is 11.6 Å². The molecule has 1 aromatic heterocycles. The fourth-order valence-electron chi connectivity index (χ4n) is 3.35. The molecule has 0 atom stereocenters. The van der Waals surface area contributed by atoms with E-state index in [-0.39, 0.29) is 31.3 Å². The number of hydrogen-bond acceptors (Lipinski definition) is 3. The zero-order chi connectivity index (χ0) is 20.3. The van der Waals surface area contributed by atoms with E-state index in [0.29, 0.717) is 5.56 Å². The summed E-state index contributed by atoms with van der Waals surface area (Å²) in [7, 11) is 0. The molecule has 0 aliphatic rings. The van der Waals surface area contributed by atoms with Crippen molar-refractivity contribution < 1.29 is 18.3 Å². The van der Waals surface area contributed by atoms with Gasteiger partial charge in [0.2, 0.25) is 0 Å². The second-order valence-electron chi connectivity index (χ2n) is 6.39. The minimum atomic E-state index is -0.422. The Labute approximate surface area is 162 Å². The molecular weight excluding hydrogens is 362 g/mol. The number of benzene rings is 2. The first-order chi connectivity index (χ1) is 13.5. The Morgan fingerprint density at radius 2 is 1.93 bits per heavy atom. The van der Waals surface area contributed by atoms with Crippen molar-refractivity contribution in [3.05, 3.63) is 71.4 Å². The lowest BCUT2D eigenvalue weighted by Gasteiger charge is -2.08.